The van der Waals surface area contributed by atoms with Crippen LogP contribution in [-0.4, -0.2) is 23.1 Å². The minimum Gasteiger partial charge on any atom is -0.369 e. The molecule has 1 N–H and O–H groups in total. The van der Waals surface area contributed by atoms with Crippen molar-refractivity contribution in [2.75, 3.05) is 18.5 Å². The predicted octanol–water partition coefficient (Wildman–Crippen LogP) is 4.46. The molecule has 0 saturated carbocycles. The van der Waals surface area contributed by atoms with E-state index in [1.165, 1.54) is 0 Å². The fourth-order valence-corrected chi connectivity index (χ4v) is 2.68. The Morgan fingerprint density at radius 1 is 1.25 bits per heavy atom. The molecule has 1 rings (SSSR count). The first-order valence-corrected chi connectivity index (χ1v) is 8.08. The lowest BCUT2D eigenvalue weighted by Gasteiger charge is -2.25. The zero-order valence-electron chi connectivity index (χ0n) is 13.4. The number of hydrogen-bond acceptors (Lipinski definition) is 4. The van der Waals surface area contributed by atoms with Crippen LogP contribution in [0.4, 0.5) is 5.82 Å². The van der Waals surface area contributed by atoms with Gasteiger partial charge in [0.25, 0.3) is 0 Å². The lowest BCUT2D eigenvalue weighted by Crippen LogP contribution is -2.26. The topological polar surface area (TPSA) is 47.0 Å². The van der Waals surface area contributed by atoms with Crippen LogP contribution in [0, 0.1) is 0 Å². The smallest absolute Gasteiger partial charge is 0.162 e. The molecule has 114 valence electrons. The Bertz CT molecular complexity index is 447. The molecule has 5 heteroatoms. The molecule has 0 fully saturated rings. The lowest BCUT2D eigenvalue weighted by atomic mass is 10.1. The third kappa shape index (κ3) is 4.16. The van der Waals surface area contributed by atoms with E-state index in [1.807, 2.05) is 20.8 Å². The van der Waals surface area contributed by atoms with Gasteiger partial charge in [-0.15, -0.1) is 0 Å². The minimum absolute atomic E-state index is 0.325. The van der Waals surface area contributed by atoms with Crippen LogP contribution < -0.4 is 5.32 Å². The highest BCUT2D eigenvalue weighted by molar-refractivity contribution is 9.10. The minimum atomic E-state index is -0.484. The molecular formula is C15H26BrN3O. The maximum Gasteiger partial charge on any atom is 0.162 e. The Labute approximate surface area is 130 Å². The van der Waals surface area contributed by atoms with Crippen molar-refractivity contribution >= 4 is 21.7 Å². The third-order valence-electron chi connectivity index (χ3n) is 3.01. The molecule has 0 radical (unpaired) electrons. The molecule has 0 aliphatic carbocycles. The van der Waals surface area contributed by atoms with Crippen LogP contribution in [0.2, 0.25) is 0 Å². The van der Waals surface area contributed by atoms with Crippen molar-refractivity contribution in [2.45, 2.75) is 59.5 Å². The number of halogens is 1. The summed E-state index contributed by atoms with van der Waals surface area (Å²) >= 11 is 3.62. The van der Waals surface area contributed by atoms with Gasteiger partial charge in [-0.1, -0.05) is 20.8 Å². The molecule has 20 heavy (non-hydrogen) atoms. The third-order valence-corrected chi connectivity index (χ3v) is 3.79. The van der Waals surface area contributed by atoms with Gasteiger partial charge < -0.3 is 10.1 Å². The normalized spacial score (nSPS) is 12.0. The molecular weight excluding hydrogens is 318 g/mol. The summed E-state index contributed by atoms with van der Waals surface area (Å²) in [6.45, 7) is 13.9. The van der Waals surface area contributed by atoms with Crippen LogP contribution in [0.3, 0.4) is 0 Å². The van der Waals surface area contributed by atoms with Crippen molar-refractivity contribution in [1.82, 2.24) is 9.97 Å². The van der Waals surface area contributed by atoms with Gasteiger partial charge in [0.1, 0.15) is 11.4 Å². The molecule has 0 aromatic carbocycles. The van der Waals surface area contributed by atoms with E-state index in [-0.39, 0.29) is 0 Å². The van der Waals surface area contributed by atoms with Crippen LogP contribution >= 0.6 is 15.9 Å². The molecule has 0 saturated heterocycles. The van der Waals surface area contributed by atoms with Crippen LogP contribution in [-0.2, 0) is 10.3 Å². The fraction of sp³-hybridized carbons (Fsp3) is 0.733. The number of ether oxygens (including phenoxy) is 1. The van der Waals surface area contributed by atoms with Crippen molar-refractivity contribution in [3.63, 3.8) is 0 Å². The van der Waals surface area contributed by atoms with Gasteiger partial charge in [0, 0.05) is 13.2 Å². The van der Waals surface area contributed by atoms with E-state index < -0.39 is 5.60 Å². The molecule has 0 aliphatic heterocycles. The molecule has 1 aromatic rings. The molecule has 1 heterocycles. The second kappa shape index (κ2) is 7.36. The van der Waals surface area contributed by atoms with Gasteiger partial charge >= 0.3 is 0 Å². The first-order valence-electron chi connectivity index (χ1n) is 7.29. The number of nitrogens with one attached hydrogen (secondary N) is 1. The summed E-state index contributed by atoms with van der Waals surface area (Å²) in [6, 6.07) is 0. The Morgan fingerprint density at radius 2 is 1.90 bits per heavy atom. The van der Waals surface area contributed by atoms with Gasteiger partial charge in [-0.2, -0.15) is 0 Å². The van der Waals surface area contributed by atoms with Gasteiger partial charge in [0.15, 0.2) is 5.82 Å². The first-order chi connectivity index (χ1) is 9.33. The molecule has 0 unspecified atom stereocenters. The Hall–Kier alpha value is -0.680. The highest BCUT2D eigenvalue weighted by atomic mass is 79.9. The Morgan fingerprint density at radius 3 is 2.40 bits per heavy atom. The number of anilines is 1. The van der Waals surface area contributed by atoms with E-state index in [0.717, 1.165) is 34.8 Å². The molecule has 0 atom stereocenters. The van der Waals surface area contributed by atoms with Crippen molar-refractivity contribution < 1.29 is 4.74 Å². The summed E-state index contributed by atoms with van der Waals surface area (Å²) in [5.74, 6) is 1.91. The van der Waals surface area contributed by atoms with Crippen molar-refractivity contribution in [3.05, 3.63) is 16.0 Å². The van der Waals surface area contributed by atoms with Gasteiger partial charge in [-0.25, -0.2) is 9.97 Å². The zero-order valence-corrected chi connectivity index (χ0v) is 15.0. The van der Waals surface area contributed by atoms with Gasteiger partial charge in [0.2, 0.25) is 0 Å². The van der Waals surface area contributed by atoms with Crippen LogP contribution in [0.25, 0.3) is 0 Å². The SMILES string of the molecule is CCCNc1nc(C(C)(C)OCC)nc(C(C)C)c1Br. The molecule has 1 aromatic heterocycles. The maximum atomic E-state index is 5.78. The summed E-state index contributed by atoms with van der Waals surface area (Å²) in [4.78, 5) is 9.36. The highest BCUT2D eigenvalue weighted by Crippen LogP contribution is 2.32. The van der Waals surface area contributed by atoms with Gasteiger partial charge in [0.05, 0.1) is 10.2 Å². The Balaban J connectivity index is 3.28. The summed E-state index contributed by atoms with van der Waals surface area (Å²) in [6.07, 6.45) is 1.05. The first kappa shape index (κ1) is 17.4. The van der Waals surface area contributed by atoms with Crippen molar-refractivity contribution in [3.8, 4) is 0 Å². The second-order valence-electron chi connectivity index (χ2n) is 5.62. The molecule has 0 spiro atoms. The maximum absolute atomic E-state index is 5.78. The number of aromatic nitrogens is 2. The predicted molar refractivity (Wildman–Crippen MR) is 87.3 cm³/mol. The van der Waals surface area contributed by atoms with Crippen molar-refractivity contribution in [2.24, 2.45) is 0 Å². The van der Waals surface area contributed by atoms with E-state index in [0.29, 0.717) is 12.5 Å². The summed E-state index contributed by atoms with van der Waals surface area (Å²) in [7, 11) is 0. The zero-order chi connectivity index (χ0) is 15.3. The number of rotatable bonds is 7. The second-order valence-corrected chi connectivity index (χ2v) is 6.41. The largest absolute Gasteiger partial charge is 0.369 e. The van der Waals surface area contributed by atoms with Gasteiger partial charge in [-0.3, -0.25) is 0 Å². The van der Waals surface area contributed by atoms with E-state index >= 15 is 0 Å². The standard InChI is InChI=1S/C15H26BrN3O/c1-7-9-17-13-11(16)12(10(3)4)18-14(19-13)15(5,6)20-8-2/h10H,7-9H2,1-6H3,(H,17,18,19). The van der Waals surface area contributed by atoms with Gasteiger partial charge in [-0.05, 0) is 49.0 Å². The molecule has 0 amide bonds. The average molecular weight is 344 g/mol. The number of nitrogens with zero attached hydrogens (tertiary/aromatic N) is 2. The lowest BCUT2D eigenvalue weighted by molar-refractivity contribution is -0.0209. The van der Waals surface area contributed by atoms with E-state index in [4.69, 9.17) is 9.72 Å². The molecule has 0 aliphatic rings. The number of hydrogen-bond donors (Lipinski definition) is 1. The van der Waals surface area contributed by atoms with E-state index in [1.54, 1.807) is 0 Å². The average Bonchev–Trinajstić information content (AvgIpc) is 2.36. The summed E-state index contributed by atoms with van der Waals surface area (Å²) in [5, 5.41) is 3.36. The van der Waals surface area contributed by atoms with Crippen molar-refractivity contribution in [1.29, 1.82) is 0 Å². The molecule has 4 nitrogen and oxygen atoms in total. The summed E-state index contributed by atoms with van der Waals surface area (Å²) in [5.41, 5.74) is 0.531. The monoisotopic (exact) mass is 343 g/mol. The summed E-state index contributed by atoms with van der Waals surface area (Å²) < 4.78 is 6.74. The Kier molecular flexibility index (Phi) is 6.40. The van der Waals surface area contributed by atoms with Crippen LogP contribution in [0.1, 0.15) is 65.4 Å². The van der Waals surface area contributed by atoms with E-state index in [9.17, 15) is 0 Å². The fourth-order valence-electron chi connectivity index (χ4n) is 1.90. The van der Waals surface area contributed by atoms with Crippen LogP contribution in [0.5, 0.6) is 0 Å². The van der Waals surface area contributed by atoms with E-state index in [2.05, 4.69) is 47.0 Å². The molecule has 0 bridgehead atoms. The quantitative estimate of drug-likeness (QED) is 0.793. The highest BCUT2D eigenvalue weighted by Gasteiger charge is 2.27. The van der Waals surface area contributed by atoms with Crippen LogP contribution in [0.15, 0.2) is 4.47 Å².